The Morgan fingerprint density at radius 1 is 1.03 bits per heavy atom. The van der Waals surface area contributed by atoms with Gasteiger partial charge in [-0.05, 0) is 98.7 Å². The van der Waals surface area contributed by atoms with Crippen LogP contribution in [0, 0.1) is 46.3 Å². The number of fused-ring (bicyclic) bond motifs is 2. The van der Waals surface area contributed by atoms with Gasteiger partial charge < -0.3 is 9.84 Å². The molecule has 1 heterocycles. The third-order valence-corrected chi connectivity index (χ3v) is 9.27. The number of cyclic esters (lactones) is 2. The van der Waals surface area contributed by atoms with Gasteiger partial charge in [0.15, 0.2) is 0 Å². The second-order valence-corrected chi connectivity index (χ2v) is 12.0. The first kappa shape index (κ1) is 24.2. The number of esters is 2. The highest BCUT2D eigenvalue weighted by Crippen LogP contribution is 2.61. The molecule has 7 aliphatic rings. The van der Waals surface area contributed by atoms with E-state index in [1.807, 2.05) is 5.92 Å². The van der Waals surface area contributed by atoms with E-state index >= 15 is 0 Å². The fraction of sp³-hybridized carbons (Fsp3) is 0.714. The van der Waals surface area contributed by atoms with E-state index in [1.54, 1.807) is 32.1 Å². The van der Waals surface area contributed by atoms with Crippen LogP contribution in [0.5, 0.6) is 0 Å². The maximum absolute atomic E-state index is 11.5. The number of carboxylic acids is 1. The van der Waals surface area contributed by atoms with E-state index in [9.17, 15) is 19.5 Å². The highest BCUT2D eigenvalue weighted by atomic mass is 16.6. The van der Waals surface area contributed by atoms with Gasteiger partial charge in [-0.25, -0.2) is 9.59 Å². The lowest BCUT2D eigenvalue weighted by Gasteiger charge is -2.54. The van der Waals surface area contributed by atoms with Crippen molar-refractivity contribution < 1.29 is 24.2 Å². The van der Waals surface area contributed by atoms with Crippen molar-refractivity contribution in [3.63, 3.8) is 0 Å². The Kier molecular flexibility index (Phi) is 6.63. The maximum atomic E-state index is 11.5. The Hall–Kier alpha value is -1.91. The zero-order chi connectivity index (χ0) is 24.0. The average Bonchev–Trinajstić information content (AvgIpc) is 3.44. The van der Waals surface area contributed by atoms with Crippen LogP contribution in [0.3, 0.4) is 0 Å². The third kappa shape index (κ3) is 4.57. The molecular weight excluding hydrogens is 416 g/mol. The Labute approximate surface area is 198 Å². The molecule has 0 amide bonds. The highest BCUT2D eigenvalue weighted by molar-refractivity contribution is 6.04. The fourth-order valence-corrected chi connectivity index (χ4v) is 7.93. The predicted molar refractivity (Wildman–Crippen MR) is 126 cm³/mol. The monoisotopic (exact) mass is 455 g/mol. The number of hydrogen-bond donors (Lipinski definition) is 1. The van der Waals surface area contributed by atoms with Crippen LogP contribution in [-0.4, -0.2) is 23.0 Å². The molecule has 7 rings (SSSR count). The summed E-state index contributed by atoms with van der Waals surface area (Å²) in [6, 6.07) is 0. The van der Waals surface area contributed by atoms with Crippen molar-refractivity contribution in [3.05, 3.63) is 29.7 Å². The molecule has 2 atom stereocenters. The van der Waals surface area contributed by atoms with Gasteiger partial charge in [0.1, 0.15) is 0 Å². The minimum Gasteiger partial charge on any atom is -0.481 e. The van der Waals surface area contributed by atoms with Gasteiger partial charge in [0, 0.05) is 12.2 Å². The molecule has 5 heteroatoms. The zero-order valence-electron chi connectivity index (χ0n) is 20.6. The van der Waals surface area contributed by atoms with E-state index in [0.29, 0.717) is 5.92 Å². The third-order valence-electron chi connectivity index (χ3n) is 9.27. The number of ether oxygens (including phenoxy) is 1. The summed E-state index contributed by atoms with van der Waals surface area (Å²) in [5, 5.41) is 9.49. The molecule has 33 heavy (non-hydrogen) atoms. The topological polar surface area (TPSA) is 80.7 Å². The van der Waals surface area contributed by atoms with Crippen molar-refractivity contribution in [1.29, 1.82) is 0 Å². The van der Waals surface area contributed by atoms with Gasteiger partial charge >= 0.3 is 17.9 Å². The minimum absolute atomic E-state index is 0.139. The number of rotatable bonds is 2. The van der Waals surface area contributed by atoms with Gasteiger partial charge in [-0.15, -0.1) is 0 Å². The number of hydrogen-bond acceptors (Lipinski definition) is 4. The van der Waals surface area contributed by atoms with Crippen molar-refractivity contribution in [1.82, 2.24) is 0 Å². The normalized spacial score (nSPS) is 37.8. The summed E-state index contributed by atoms with van der Waals surface area (Å²) < 4.78 is 3.97. The number of carboxylic acid groups (broad SMARTS) is 1. The standard InChI is InChI=1S/C12H18O2.C12H19.C4H2O3/c1-11(2,3)12(10(13)14)7-8-4-5-9(12)6-8;1-2-12-10-4-8-3-9(6-10)7-11(12)5-8;5-3-1-2-4(6)7-3/h4,9H,5-7H2,1-3H3,(H,13,14);8-11H,2-7H2,1H3;1-2H. The van der Waals surface area contributed by atoms with Crippen LogP contribution in [0.2, 0.25) is 0 Å². The van der Waals surface area contributed by atoms with Crippen molar-refractivity contribution in [2.24, 2.45) is 40.4 Å². The minimum atomic E-state index is -0.599. The summed E-state index contributed by atoms with van der Waals surface area (Å²) in [7, 11) is 0. The molecule has 0 aromatic carbocycles. The van der Waals surface area contributed by atoms with Gasteiger partial charge in [0.2, 0.25) is 0 Å². The van der Waals surface area contributed by atoms with Crippen LogP contribution in [-0.2, 0) is 19.1 Å². The van der Waals surface area contributed by atoms with E-state index in [1.165, 1.54) is 12.0 Å². The summed E-state index contributed by atoms with van der Waals surface area (Å²) in [4.78, 5) is 31.4. The van der Waals surface area contributed by atoms with Crippen LogP contribution < -0.4 is 0 Å². The maximum Gasteiger partial charge on any atom is 0.338 e. The smallest absolute Gasteiger partial charge is 0.338 e. The fourth-order valence-electron chi connectivity index (χ4n) is 7.93. The van der Waals surface area contributed by atoms with Crippen LogP contribution in [0.4, 0.5) is 0 Å². The summed E-state index contributed by atoms with van der Waals surface area (Å²) in [5.74, 6) is 4.98. The van der Waals surface area contributed by atoms with E-state index in [-0.39, 0.29) is 5.41 Å². The highest BCUT2D eigenvalue weighted by Gasteiger charge is 2.59. The number of carbonyl (C=O) groups is 3. The summed E-state index contributed by atoms with van der Waals surface area (Å²) in [6.45, 7) is 8.55. The molecule has 5 nitrogen and oxygen atoms in total. The van der Waals surface area contributed by atoms with Gasteiger partial charge in [-0.2, -0.15) is 0 Å². The molecule has 6 bridgehead atoms. The molecule has 1 N–H and O–H groups in total. The molecular formula is C28H39O5. The molecule has 181 valence electrons. The summed E-state index contributed by atoms with van der Waals surface area (Å²) in [5.41, 5.74) is 0.726. The molecule has 5 fully saturated rings. The van der Waals surface area contributed by atoms with Crippen LogP contribution >= 0.6 is 0 Å². The SMILES string of the molecule is CC(C)(C)C1(C(=O)O)CC2=CCC1C2.CC[C]1C2CC3CC(C2)CC1C3.O=C1C=CC(=O)O1. The van der Waals surface area contributed by atoms with E-state index in [4.69, 9.17) is 0 Å². The van der Waals surface area contributed by atoms with Crippen molar-refractivity contribution in [2.45, 2.75) is 85.5 Å². The lowest BCUT2D eigenvalue weighted by atomic mass is 9.51. The summed E-state index contributed by atoms with van der Waals surface area (Å²) in [6.07, 6.45) is 16.4. The molecule has 5 saturated carbocycles. The quantitative estimate of drug-likeness (QED) is 0.319. The predicted octanol–water partition coefficient (Wildman–Crippen LogP) is 5.90. The largest absolute Gasteiger partial charge is 0.481 e. The average molecular weight is 456 g/mol. The zero-order valence-corrected chi connectivity index (χ0v) is 20.6. The Morgan fingerprint density at radius 2 is 1.58 bits per heavy atom. The van der Waals surface area contributed by atoms with Gasteiger partial charge in [0.05, 0.1) is 5.41 Å². The lowest BCUT2D eigenvalue weighted by molar-refractivity contribution is -0.160. The summed E-state index contributed by atoms with van der Waals surface area (Å²) >= 11 is 0. The first-order chi connectivity index (χ1) is 15.5. The Morgan fingerprint density at radius 3 is 1.85 bits per heavy atom. The molecule has 1 aliphatic heterocycles. The Balaban J connectivity index is 0.000000124. The van der Waals surface area contributed by atoms with Crippen LogP contribution in [0.15, 0.2) is 23.8 Å². The molecule has 0 aromatic rings. The van der Waals surface area contributed by atoms with Crippen molar-refractivity contribution in [3.8, 4) is 0 Å². The van der Waals surface area contributed by atoms with Gasteiger partial charge in [-0.3, -0.25) is 4.79 Å². The molecule has 0 saturated heterocycles. The second kappa shape index (κ2) is 9.03. The van der Waals surface area contributed by atoms with Gasteiger partial charge in [-0.1, -0.05) is 39.3 Å². The molecule has 2 unspecified atom stereocenters. The molecule has 0 aromatic heterocycles. The first-order valence-electron chi connectivity index (χ1n) is 12.7. The van der Waals surface area contributed by atoms with Crippen molar-refractivity contribution >= 4 is 17.9 Å². The van der Waals surface area contributed by atoms with Crippen molar-refractivity contribution in [2.75, 3.05) is 0 Å². The first-order valence-corrected chi connectivity index (χ1v) is 12.7. The van der Waals surface area contributed by atoms with Crippen LogP contribution in [0.1, 0.15) is 85.5 Å². The number of allylic oxidation sites excluding steroid dienone is 2. The second-order valence-electron chi connectivity index (χ2n) is 12.0. The van der Waals surface area contributed by atoms with Gasteiger partial charge in [0.25, 0.3) is 0 Å². The lowest BCUT2D eigenvalue weighted by Crippen LogP contribution is -2.46. The number of carbonyl (C=O) groups excluding carboxylic acids is 2. The Bertz CT molecular complexity index is 816. The molecule has 6 aliphatic carbocycles. The van der Waals surface area contributed by atoms with Crippen LogP contribution in [0.25, 0.3) is 0 Å². The van der Waals surface area contributed by atoms with E-state index in [0.717, 1.165) is 55.1 Å². The number of aliphatic carboxylic acids is 1. The molecule has 1 radical (unpaired) electrons. The molecule has 0 spiro atoms. The van der Waals surface area contributed by atoms with E-state index < -0.39 is 23.3 Å². The van der Waals surface area contributed by atoms with E-state index in [2.05, 4.69) is 38.5 Å².